The molecule has 0 saturated carbocycles. The molecule has 0 N–H and O–H groups in total. The Hall–Kier alpha value is -1.96. The minimum atomic E-state index is -1.07. The quantitative estimate of drug-likeness (QED) is 0.419. The van der Waals surface area contributed by atoms with Gasteiger partial charge < -0.3 is 9.47 Å². The molecular weight excluding hydrogens is 368 g/mol. The third-order valence-electron chi connectivity index (χ3n) is 5.24. The molecule has 150 valence electrons. The second-order valence-electron chi connectivity index (χ2n) is 8.80. The fourth-order valence-corrected chi connectivity index (χ4v) is 4.22. The van der Waals surface area contributed by atoms with Gasteiger partial charge in [-0.05, 0) is 36.9 Å². The number of nitrogens with zero attached hydrogens (tertiary/aromatic N) is 4. The number of hydrogen-bond donors (Lipinski definition) is 0. The Morgan fingerprint density at radius 3 is 2.82 bits per heavy atom. The summed E-state index contributed by atoms with van der Waals surface area (Å²) in [6.45, 7) is 9.21. The summed E-state index contributed by atoms with van der Waals surface area (Å²) < 4.78 is 15.6. The molecule has 6 nitrogen and oxygen atoms in total. The van der Waals surface area contributed by atoms with Crippen LogP contribution in [0.5, 0.6) is 0 Å². The highest BCUT2D eigenvalue weighted by Crippen LogP contribution is 2.27. The van der Waals surface area contributed by atoms with Crippen molar-refractivity contribution in [1.29, 1.82) is 0 Å². The van der Waals surface area contributed by atoms with Crippen LogP contribution in [0.4, 0.5) is 0 Å². The maximum atomic E-state index is 5.89. The first-order chi connectivity index (χ1) is 13.5. The van der Waals surface area contributed by atoms with Gasteiger partial charge in [0.2, 0.25) is 0 Å². The van der Waals surface area contributed by atoms with Crippen LogP contribution < -0.4 is 0 Å². The number of ether oxygens (including phenoxy) is 2. The number of rotatable bonds is 7. The summed E-state index contributed by atoms with van der Waals surface area (Å²) in [7, 11) is -1.07. The Kier molecular flexibility index (Phi) is 5.66. The smallest absolute Gasteiger partial charge is 0.150 e. The Morgan fingerprint density at radius 2 is 2.04 bits per heavy atom. The first-order valence-corrected chi connectivity index (χ1v) is 13.9. The largest absolute Gasteiger partial charge is 0.360 e. The van der Waals surface area contributed by atoms with Crippen molar-refractivity contribution in [2.45, 2.75) is 57.9 Å². The normalized spacial score (nSPS) is 18.0. The Balaban J connectivity index is 1.49. The van der Waals surface area contributed by atoms with Crippen molar-refractivity contribution in [3.8, 4) is 11.1 Å². The maximum Gasteiger partial charge on any atom is 0.150 e. The van der Waals surface area contributed by atoms with E-state index in [4.69, 9.17) is 9.47 Å². The summed E-state index contributed by atoms with van der Waals surface area (Å²) >= 11 is 0. The van der Waals surface area contributed by atoms with Crippen LogP contribution >= 0.6 is 0 Å². The van der Waals surface area contributed by atoms with E-state index in [9.17, 15) is 0 Å². The molecule has 7 heteroatoms. The van der Waals surface area contributed by atoms with E-state index >= 15 is 0 Å². The molecule has 1 aliphatic heterocycles. The van der Waals surface area contributed by atoms with Gasteiger partial charge in [0, 0.05) is 38.4 Å². The summed E-state index contributed by atoms with van der Waals surface area (Å²) in [5, 5.41) is 10.2. The van der Waals surface area contributed by atoms with Gasteiger partial charge in [-0.25, -0.2) is 9.36 Å². The molecule has 1 saturated heterocycles. The standard InChI is InChI=1S/C21H30N4O2Si/c1-28(2,3)11-10-26-16-25-20-12-17(7-8-18(20)13-23-25)19-14-22-24(15-19)21-6-4-5-9-27-21/h7-8,12-15,21H,4-6,9-11,16H2,1-3H3. The Morgan fingerprint density at radius 1 is 1.14 bits per heavy atom. The zero-order chi connectivity index (χ0) is 19.6. The third-order valence-corrected chi connectivity index (χ3v) is 6.94. The van der Waals surface area contributed by atoms with E-state index < -0.39 is 8.07 Å². The minimum Gasteiger partial charge on any atom is -0.360 e. The molecule has 1 fully saturated rings. The van der Waals surface area contributed by atoms with Crippen molar-refractivity contribution in [3.63, 3.8) is 0 Å². The molecule has 0 radical (unpaired) electrons. The fraction of sp³-hybridized carbons (Fsp3) is 0.524. The molecule has 3 heterocycles. The summed E-state index contributed by atoms with van der Waals surface area (Å²) in [4.78, 5) is 0. The van der Waals surface area contributed by atoms with Crippen molar-refractivity contribution in [1.82, 2.24) is 19.6 Å². The molecule has 2 aromatic heterocycles. The topological polar surface area (TPSA) is 54.1 Å². The molecule has 28 heavy (non-hydrogen) atoms. The van der Waals surface area contributed by atoms with Crippen LogP contribution in [0.1, 0.15) is 25.5 Å². The van der Waals surface area contributed by atoms with Gasteiger partial charge in [-0.1, -0.05) is 31.8 Å². The van der Waals surface area contributed by atoms with Crippen LogP contribution in [0.15, 0.2) is 36.8 Å². The molecule has 1 aliphatic rings. The average molecular weight is 399 g/mol. The number of benzene rings is 1. The van der Waals surface area contributed by atoms with Crippen LogP contribution in [0.2, 0.25) is 25.7 Å². The molecule has 0 aliphatic carbocycles. The van der Waals surface area contributed by atoms with Gasteiger partial charge in [0.05, 0.1) is 17.9 Å². The summed E-state index contributed by atoms with van der Waals surface area (Å²) in [5.41, 5.74) is 3.33. The highest BCUT2D eigenvalue weighted by molar-refractivity contribution is 6.76. The predicted molar refractivity (Wildman–Crippen MR) is 114 cm³/mol. The maximum absolute atomic E-state index is 5.89. The van der Waals surface area contributed by atoms with Crippen molar-refractivity contribution in [2.24, 2.45) is 0 Å². The number of fused-ring (bicyclic) bond motifs is 1. The van der Waals surface area contributed by atoms with Gasteiger partial charge in [0.15, 0.2) is 0 Å². The molecule has 0 spiro atoms. The van der Waals surface area contributed by atoms with E-state index in [0.29, 0.717) is 6.73 Å². The van der Waals surface area contributed by atoms with Gasteiger partial charge in [-0.2, -0.15) is 10.2 Å². The fourth-order valence-electron chi connectivity index (χ4n) is 3.46. The van der Waals surface area contributed by atoms with Crippen LogP contribution in [0.3, 0.4) is 0 Å². The van der Waals surface area contributed by atoms with E-state index in [1.54, 1.807) is 0 Å². The number of aromatic nitrogens is 4. The summed E-state index contributed by atoms with van der Waals surface area (Å²) in [6, 6.07) is 7.58. The van der Waals surface area contributed by atoms with Crippen molar-refractivity contribution < 1.29 is 9.47 Å². The highest BCUT2D eigenvalue weighted by atomic mass is 28.3. The lowest BCUT2D eigenvalue weighted by Crippen LogP contribution is -2.22. The van der Waals surface area contributed by atoms with Crippen molar-refractivity contribution >= 4 is 19.0 Å². The van der Waals surface area contributed by atoms with E-state index in [1.165, 1.54) is 12.5 Å². The van der Waals surface area contributed by atoms with E-state index in [2.05, 4.69) is 54.2 Å². The Bertz CT molecular complexity index is 922. The van der Waals surface area contributed by atoms with Crippen molar-refractivity contribution in [3.05, 3.63) is 36.8 Å². The number of hydrogen-bond acceptors (Lipinski definition) is 4. The van der Waals surface area contributed by atoms with Crippen LogP contribution in [0, 0.1) is 0 Å². The van der Waals surface area contributed by atoms with Crippen LogP contribution in [-0.4, -0.2) is 40.8 Å². The molecule has 0 amide bonds. The molecule has 0 bridgehead atoms. The molecule has 4 rings (SSSR count). The first kappa shape index (κ1) is 19.4. The molecule has 1 atom stereocenters. The molecule has 1 aromatic carbocycles. The average Bonchev–Trinajstić information content (AvgIpc) is 3.32. The second kappa shape index (κ2) is 8.19. The lowest BCUT2D eigenvalue weighted by Gasteiger charge is -2.22. The zero-order valence-electron chi connectivity index (χ0n) is 17.1. The van der Waals surface area contributed by atoms with Crippen LogP contribution in [-0.2, 0) is 16.2 Å². The van der Waals surface area contributed by atoms with Gasteiger partial charge in [-0.15, -0.1) is 0 Å². The lowest BCUT2D eigenvalue weighted by molar-refractivity contribution is -0.0394. The second-order valence-corrected chi connectivity index (χ2v) is 14.4. The van der Waals surface area contributed by atoms with Gasteiger partial charge in [0.25, 0.3) is 0 Å². The molecule has 3 aromatic rings. The lowest BCUT2D eigenvalue weighted by atomic mass is 10.1. The zero-order valence-corrected chi connectivity index (χ0v) is 18.1. The van der Waals surface area contributed by atoms with Gasteiger partial charge >= 0.3 is 0 Å². The summed E-state index contributed by atoms with van der Waals surface area (Å²) in [6.07, 6.45) is 9.35. The highest BCUT2D eigenvalue weighted by Gasteiger charge is 2.17. The van der Waals surface area contributed by atoms with E-state index in [0.717, 1.165) is 48.1 Å². The molecular formula is C21H30N4O2Si. The predicted octanol–water partition coefficient (Wildman–Crippen LogP) is 4.91. The monoisotopic (exact) mass is 398 g/mol. The van der Waals surface area contributed by atoms with Crippen LogP contribution in [0.25, 0.3) is 22.0 Å². The summed E-state index contributed by atoms with van der Waals surface area (Å²) in [5.74, 6) is 0. The van der Waals surface area contributed by atoms with E-state index in [-0.39, 0.29) is 6.23 Å². The Labute approximate surface area is 167 Å². The first-order valence-electron chi connectivity index (χ1n) is 10.2. The van der Waals surface area contributed by atoms with Crippen molar-refractivity contribution in [2.75, 3.05) is 13.2 Å². The van der Waals surface area contributed by atoms with Gasteiger partial charge in [0.1, 0.15) is 13.0 Å². The third kappa shape index (κ3) is 4.53. The van der Waals surface area contributed by atoms with E-state index in [1.807, 2.05) is 21.8 Å². The molecule has 1 unspecified atom stereocenters. The SMILES string of the molecule is C[Si](C)(C)CCOCn1ncc2ccc(-c3cnn(C4CCCCO4)c3)cc21. The van der Waals surface area contributed by atoms with Gasteiger partial charge in [-0.3, -0.25) is 0 Å². The minimum absolute atomic E-state index is 0.0662.